The Morgan fingerprint density at radius 1 is 1.10 bits per heavy atom. The van der Waals surface area contributed by atoms with Crippen LogP contribution in [-0.2, 0) is 10.3 Å². The number of fused-ring (bicyclic) bond motifs is 1. The SMILES string of the molecule is CSc1ccc(C2=CC3CN(C(=O)c4ccc(C5(O)COC5)cc4)CC3C2)cc1. The van der Waals surface area contributed by atoms with Gasteiger partial charge in [-0.15, -0.1) is 11.8 Å². The minimum Gasteiger partial charge on any atom is -0.380 e. The Hall–Kier alpha value is -2.08. The molecule has 2 atom stereocenters. The summed E-state index contributed by atoms with van der Waals surface area (Å²) in [5.41, 5.74) is 3.35. The lowest BCUT2D eigenvalue weighted by molar-refractivity contribution is -0.184. The number of amides is 1. The molecule has 2 aromatic carbocycles. The molecule has 1 amide bonds. The van der Waals surface area contributed by atoms with Gasteiger partial charge in [0.05, 0.1) is 13.2 Å². The smallest absolute Gasteiger partial charge is 0.253 e. The van der Waals surface area contributed by atoms with Gasteiger partial charge in [-0.25, -0.2) is 0 Å². The van der Waals surface area contributed by atoms with Crippen molar-refractivity contribution >= 4 is 23.2 Å². The molecule has 0 aromatic heterocycles. The van der Waals surface area contributed by atoms with Crippen molar-refractivity contribution in [3.63, 3.8) is 0 Å². The maximum Gasteiger partial charge on any atom is 0.253 e. The topological polar surface area (TPSA) is 49.8 Å². The number of thioether (sulfide) groups is 1. The number of carbonyl (C=O) groups excluding carboxylic acids is 1. The van der Waals surface area contributed by atoms with Gasteiger partial charge in [0.15, 0.2) is 0 Å². The largest absolute Gasteiger partial charge is 0.380 e. The summed E-state index contributed by atoms with van der Waals surface area (Å²) < 4.78 is 5.11. The van der Waals surface area contributed by atoms with E-state index < -0.39 is 5.60 Å². The maximum atomic E-state index is 13.0. The van der Waals surface area contributed by atoms with E-state index in [0.29, 0.717) is 30.6 Å². The van der Waals surface area contributed by atoms with E-state index in [1.165, 1.54) is 16.0 Å². The van der Waals surface area contributed by atoms with Crippen molar-refractivity contribution < 1.29 is 14.6 Å². The van der Waals surface area contributed by atoms with Gasteiger partial charge in [0.1, 0.15) is 5.60 Å². The molecule has 0 saturated carbocycles. The van der Waals surface area contributed by atoms with Crippen molar-refractivity contribution in [3.8, 4) is 0 Å². The van der Waals surface area contributed by atoms with Crippen molar-refractivity contribution in [1.82, 2.24) is 4.90 Å². The highest BCUT2D eigenvalue weighted by Crippen LogP contribution is 2.41. The van der Waals surface area contributed by atoms with E-state index in [0.717, 1.165) is 25.1 Å². The van der Waals surface area contributed by atoms with E-state index >= 15 is 0 Å². The average Bonchev–Trinajstić information content (AvgIpc) is 3.31. The lowest BCUT2D eigenvalue weighted by Crippen LogP contribution is -2.46. The summed E-state index contributed by atoms with van der Waals surface area (Å²) in [5, 5.41) is 10.4. The Kier molecular flexibility index (Phi) is 4.77. The summed E-state index contributed by atoms with van der Waals surface area (Å²) >= 11 is 1.76. The summed E-state index contributed by atoms with van der Waals surface area (Å²) in [6.07, 6.45) is 5.51. The highest BCUT2D eigenvalue weighted by molar-refractivity contribution is 7.98. The molecule has 0 spiro atoms. The van der Waals surface area contributed by atoms with E-state index in [4.69, 9.17) is 4.74 Å². The molecular weight excluding hydrogens is 382 g/mol. The van der Waals surface area contributed by atoms with Crippen molar-refractivity contribution in [2.75, 3.05) is 32.6 Å². The van der Waals surface area contributed by atoms with Crippen molar-refractivity contribution in [3.05, 3.63) is 71.3 Å². The van der Waals surface area contributed by atoms with Crippen LogP contribution in [0.3, 0.4) is 0 Å². The molecule has 2 aromatic rings. The Balaban J connectivity index is 1.25. The van der Waals surface area contributed by atoms with E-state index in [1.54, 1.807) is 11.8 Å². The van der Waals surface area contributed by atoms with Gasteiger partial charge in [0.25, 0.3) is 5.91 Å². The fourth-order valence-corrected chi connectivity index (χ4v) is 5.07. The number of hydrogen-bond donors (Lipinski definition) is 1. The quantitative estimate of drug-likeness (QED) is 0.784. The van der Waals surface area contributed by atoms with Gasteiger partial charge in [-0.2, -0.15) is 0 Å². The predicted molar refractivity (Wildman–Crippen MR) is 115 cm³/mol. The molecule has 2 fully saturated rings. The molecule has 1 N–H and O–H groups in total. The zero-order chi connectivity index (χ0) is 20.0. The third kappa shape index (κ3) is 3.41. The van der Waals surface area contributed by atoms with E-state index in [-0.39, 0.29) is 5.91 Å². The minimum atomic E-state index is -0.887. The maximum absolute atomic E-state index is 13.0. The Morgan fingerprint density at radius 3 is 2.41 bits per heavy atom. The van der Waals surface area contributed by atoms with Crippen LogP contribution in [0.2, 0.25) is 0 Å². The molecule has 29 heavy (non-hydrogen) atoms. The van der Waals surface area contributed by atoms with Crippen LogP contribution in [0.25, 0.3) is 5.57 Å². The second-order valence-electron chi connectivity index (χ2n) is 8.36. The highest BCUT2D eigenvalue weighted by atomic mass is 32.2. The molecule has 5 rings (SSSR count). The molecule has 3 aliphatic rings. The summed E-state index contributed by atoms with van der Waals surface area (Å²) in [7, 11) is 0. The molecule has 2 unspecified atom stereocenters. The van der Waals surface area contributed by atoms with Crippen LogP contribution in [0.5, 0.6) is 0 Å². The van der Waals surface area contributed by atoms with Gasteiger partial charge >= 0.3 is 0 Å². The van der Waals surface area contributed by atoms with Crippen molar-refractivity contribution in [2.45, 2.75) is 16.9 Å². The monoisotopic (exact) mass is 407 g/mol. The van der Waals surface area contributed by atoms with Crippen LogP contribution in [0.15, 0.2) is 59.5 Å². The van der Waals surface area contributed by atoms with Gasteiger partial charge in [0, 0.05) is 23.5 Å². The first-order valence-corrected chi connectivity index (χ1v) is 11.3. The number of likely N-dealkylation sites (tertiary alicyclic amines) is 1. The van der Waals surface area contributed by atoms with Crippen LogP contribution in [-0.4, -0.2) is 48.5 Å². The van der Waals surface area contributed by atoms with E-state index in [1.807, 2.05) is 29.2 Å². The minimum absolute atomic E-state index is 0.0853. The molecule has 150 valence electrons. The number of ether oxygens (including phenoxy) is 1. The number of rotatable bonds is 4. The first kappa shape index (κ1) is 18.9. The molecule has 2 saturated heterocycles. The number of aliphatic hydroxyl groups is 1. The fraction of sp³-hybridized carbons (Fsp3) is 0.375. The first-order chi connectivity index (χ1) is 14.1. The van der Waals surface area contributed by atoms with Crippen LogP contribution in [0.4, 0.5) is 0 Å². The molecular formula is C24H25NO3S. The number of nitrogens with zero attached hydrogens (tertiary/aromatic N) is 1. The highest BCUT2D eigenvalue weighted by Gasteiger charge is 2.40. The second-order valence-corrected chi connectivity index (χ2v) is 9.24. The number of benzene rings is 2. The van der Waals surface area contributed by atoms with Crippen molar-refractivity contribution in [1.29, 1.82) is 0 Å². The summed E-state index contributed by atoms with van der Waals surface area (Å²) in [4.78, 5) is 16.2. The molecule has 0 radical (unpaired) electrons. The van der Waals surface area contributed by atoms with Crippen molar-refractivity contribution in [2.24, 2.45) is 11.8 Å². The predicted octanol–water partition coefficient (Wildman–Crippen LogP) is 3.80. The number of hydrogen-bond acceptors (Lipinski definition) is 4. The third-order valence-electron chi connectivity index (χ3n) is 6.49. The summed E-state index contributed by atoms with van der Waals surface area (Å²) in [6, 6.07) is 16.1. The van der Waals surface area contributed by atoms with Crippen LogP contribution in [0.1, 0.15) is 27.9 Å². The van der Waals surface area contributed by atoms with E-state index in [9.17, 15) is 9.90 Å². The van der Waals surface area contributed by atoms with Gasteiger partial charge in [0.2, 0.25) is 0 Å². The molecule has 2 aliphatic heterocycles. The molecule has 2 heterocycles. The summed E-state index contributed by atoms with van der Waals surface area (Å²) in [6.45, 7) is 2.25. The second kappa shape index (κ2) is 7.31. The lowest BCUT2D eigenvalue weighted by Gasteiger charge is -2.36. The lowest BCUT2D eigenvalue weighted by atomic mass is 9.91. The molecule has 4 nitrogen and oxygen atoms in total. The van der Waals surface area contributed by atoms with Crippen LogP contribution >= 0.6 is 11.8 Å². The third-order valence-corrected chi connectivity index (χ3v) is 7.23. The zero-order valence-corrected chi connectivity index (χ0v) is 17.3. The van der Waals surface area contributed by atoms with E-state index in [2.05, 4.69) is 36.6 Å². The van der Waals surface area contributed by atoms with Gasteiger partial charge in [-0.05, 0) is 65.5 Å². The molecule has 1 aliphatic carbocycles. The Bertz CT molecular complexity index is 947. The molecule has 5 heteroatoms. The zero-order valence-electron chi connectivity index (χ0n) is 16.5. The average molecular weight is 408 g/mol. The fourth-order valence-electron chi connectivity index (χ4n) is 4.66. The molecule has 0 bridgehead atoms. The normalized spacial score (nSPS) is 24.8. The van der Waals surface area contributed by atoms with Gasteiger partial charge < -0.3 is 14.7 Å². The Morgan fingerprint density at radius 2 is 1.83 bits per heavy atom. The van der Waals surface area contributed by atoms with Gasteiger partial charge in [-0.1, -0.05) is 30.3 Å². The number of carbonyl (C=O) groups is 1. The standard InChI is InChI=1S/C24H25NO3S/c1-29-22-8-4-16(5-9-22)18-10-19-12-25(13-20(19)11-18)23(26)17-2-6-21(7-3-17)24(27)14-28-15-24/h2-10,19-20,27H,11-15H2,1H3. The van der Waals surface area contributed by atoms with Gasteiger partial charge in [-0.3, -0.25) is 4.79 Å². The van der Waals surface area contributed by atoms with Crippen LogP contribution < -0.4 is 0 Å². The van der Waals surface area contributed by atoms with Crippen LogP contribution in [0, 0.1) is 11.8 Å². The summed E-state index contributed by atoms with van der Waals surface area (Å²) in [5.74, 6) is 1.05. The number of allylic oxidation sites excluding steroid dienone is 1. The Labute approximate surface area is 175 Å². The first-order valence-electron chi connectivity index (χ1n) is 10.1.